The van der Waals surface area contributed by atoms with Crippen molar-refractivity contribution < 1.29 is 13.2 Å². The minimum atomic E-state index is -3.64. The molecule has 0 aliphatic rings. The SMILES string of the molecule is NC(=O)c1cccc2[nH]c(S(=O)(=O)Cc3ccccc3)nc12. The van der Waals surface area contributed by atoms with Crippen molar-refractivity contribution in [2.45, 2.75) is 10.9 Å². The normalized spacial score (nSPS) is 11.6. The van der Waals surface area contributed by atoms with Gasteiger partial charge in [-0.05, 0) is 17.7 Å². The zero-order chi connectivity index (χ0) is 15.7. The molecule has 3 rings (SSSR count). The number of rotatable bonds is 4. The fraction of sp³-hybridized carbons (Fsp3) is 0.0667. The minimum absolute atomic E-state index is 0.167. The number of carbonyl (C=O) groups is 1. The highest BCUT2D eigenvalue weighted by molar-refractivity contribution is 7.90. The Bertz CT molecular complexity index is 947. The minimum Gasteiger partial charge on any atom is -0.366 e. The van der Waals surface area contributed by atoms with Crippen LogP contribution >= 0.6 is 0 Å². The lowest BCUT2D eigenvalue weighted by molar-refractivity contribution is 0.100. The average Bonchev–Trinajstić information content (AvgIpc) is 2.92. The molecule has 0 saturated carbocycles. The molecule has 1 amide bonds. The molecule has 0 aliphatic heterocycles. The van der Waals surface area contributed by atoms with E-state index in [4.69, 9.17) is 5.73 Å². The van der Waals surface area contributed by atoms with Crippen molar-refractivity contribution in [3.63, 3.8) is 0 Å². The van der Waals surface area contributed by atoms with E-state index >= 15 is 0 Å². The quantitative estimate of drug-likeness (QED) is 0.763. The van der Waals surface area contributed by atoms with Crippen LogP contribution in [0.5, 0.6) is 0 Å². The van der Waals surface area contributed by atoms with E-state index in [0.29, 0.717) is 11.1 Å². The van der Waals surface area contributed by atoms with E-state index in [1.54, 1.807) is 36.4 Å². The molecular formula is C15H13N3O3S. The van der Waals surface area contributed by atoms with Crippen LogP contribution in [0.1, 0.15) is 15.9 Å². The first-order valence-corrected chi connectivity index (χ1v) is 8.18. The number of nitrogens with zero attached hydrogens (tertiary/aromatic N) is 1. The van der Waals surface area contributed by atoms with E-state index in [1.807, 2.05) is 6.07 Å². The van der Waals surface area contributed by atoms with Gasteiger partial charge in [0.2, 0.25) is 15.0 Å². The first kappa shape index (κ1) is 14.3. The van der Waals surface area contributed by atoms with Crippen molar-refractivity contribution >= 4 is 26.8 Å². The summed E-state index contributed by atoms with van der Waals surface area (Å²) in [4.78, 5) is 18.2. The zero-order valence-electron chi connectivity index (χ0n) is 11.5. The monoisotopic (exact) mass is 315 g/mol. The summed E-state index contributed by atoms with van der Waals surface area (Å²) < 4.78 is 24.9. The number of amides is 1. The maximum atomic E-state index is 12.4. The van der Waals surface area contributed by atoms with E-state index in [0.717, 1.165) is 0 Å². The number of imidazole rings is 1. The molecule has 0 fully saturated rings. The van der Waals surface area contributed by atoms with Gasteiger partial charge < -0.3 is 10.7 Å². The number of hydrogen-bond donors (Lipinski definition) is 2. The fourth-order valence-electron chi connectivity index (χ4n) is 2.22. The van der Waals surface area contributed by atoms with E-state index in [-0.39, 0.29) is 22.0 Å². The van der Waals surface area contributed by atoms with Crippen molar-refractivity contribution in [2.24, 2.45) is 5.73 Å². The Labute approximate surface area is 126 Å². The Morgan fingerprint density at radius 3 is 2.50 bits per heavy atom. The molecule has 1 aromatic heterocycles. The molecule has 0 bridgehead atoms. The lowest BCUT2D eigenvalue weighted by Crippen LogP contribution is -2.11. The molecule has 112 valence electrons. The third-order valence-corrected chi connectivity index (χ3v) is 4.75. The molecule has 3 aromatic rings. The first-order valence-electron chi connectivity index (χ1n) is 6.52. The number of sulfone groups is 1. The number of aromatic amines is 1. The number of hydrogen-bond acceptors (Lipinski definition) is 4. The van der Waals surface area contributed by atoms with Gasteiger partial charge >= 0.3 is 0 Å². The number of primary amides is 1. The largest absolute Gasteiger partial charge is 0.366 e. The third kappa shape index (κ3) is 2.58. The molecule has 3 N–H and O–H groups in total. The molecule has 0 aliphatic carbocycles. The summed E-state index contributed by atoms with van der Waals surface area (Å²) in [5.41, 5.74) is 6.86. The Kier molecular flexibility index (Phi) is 3.42. The summed E-state index contributed by atoms with van der Waals surface area (Å²) in [5.74, 6) is -0.816. The van der Waals surface area contributed by atoms with Crippen LogP contribution in [-0.2, 0) is 15.6 Å². The number of aromatic nitrogens is 2. The Balaban J connectivity index is 2.06. The summed E-state index contributed by atoms with van der Waals surface area (Å²) in [6.07, 6.45) is 0. The van der Waals surface area contributed by atoms with E-state index in [9.17, 15) is 13.2 Å². The molecule has 0 unspecified atom stereocenters. The van der Waals surface area contributed by atoms with Gasteiger partial charge in [0, 0.05) is 0 Å². The Morgan fingerprint density at radius 1 is 1.09 bits per heavy atom. The maximum absolute atomic E-state index is 12.4. The highest BCUT2D eigenvalue weighted by atomic mass is 32.2. The second-order valence-corrected chi connectivity index (χ2v) is 6.76. The van der Waals surface area contributed by atoms with Gasteiger partial charge in [-0.15, -0.1) is 0 Å². The van der Waals surface area contributed by atoms with Gasteiger partial charge in [-0.3, -0.25) is 4.79 Å². The molecule has 1 heterocycles. The number of H-pyrrole nitrogens is 1. The van der Waals surface area contributed by atoms with Gasteiger partial charge in [-0.1, -0.05) is 36.4 Å². The molecular weight excluding hydrogens is 302 g/mol. The topological polar surface area (TPSA) is 106 Å². The highest BCUT2D eigenvalue weighted by Crippen LogP contribution is 2.20. The summed E-state index contributed by atoms with van der Waals surface area (Å²) in [7, 11) is -3.64. The van der Waals surface area contributed by atoms with E-state index in [2.05, 4.69) is 9.97 Å². The van der Waals surface area contributed by atoms with Crippen molar-refractivity contribution in [3.05, 3.63) is 59.7 Å². The average molecular weight is 315 g/mol. The molecule has 0 radical (unpaired) electrons. The highest BCUT2D eigenvalue weighted by Gasteiger charge is 2.21. The Morgan fingerprint density at radius 2 is 1.82 bits per heavy atom. The molecule has 2 aromatic carbocycles. The van der Waals surface area contributed by atoms with Crippen molar-refractivity contribution in [3.8, 4) is 0 Å². The van der Waals surface area contributed by atoms with Gasteiger partial charge in [0.25, 0.3) is 5.91 Å². The lowest BCUT2D eigenvalue weighted by atomic mass is 10.2. The lowest BCUT2D eigenvalue weighted by Gasteiger charge is -2.00. The van der Waals surface area contributed by atoms with Crippen LogP contribution < -0.4 is 5.73 Å². The van der Waals surface area contributed by atoms with Crippen molar-refractivity contribution in [1.29, 1.82) is 0 Å². The predicted molar refractivity (Wildman–Crippen MR) is 81.9 cm³/mol. The van der Waals surface area contributed by atoms with Crippen molar-refractivity contribution in [1.82, 2.24) is 9.97 Å². The van der Waals surface area contributed by atoms with Crippen LogP contribution in [0.3, 0.4) is 0 Å². The first-order chi connectivity index (χ1) is 10.5. The van der Waals surface area contributed by atoms with Crippen LogP contribution in [0.15, 0.2) is 53.7 Å². The second-order valence-electron chi connectivity index (χ2n) is 4.85. The number of para-hydroxylation sites is 1. The van der Waals surface area contributed by atoms with E-state index < -0.39 is 15.7 Å². The molecule has 0 atom stereocenters. The number of carbonyl (C=O) groups excluding carboxylic acids is 1. The number of nitrogens with two attached hydrogens (primary N) is 1. The van der Waals surface area contributed by atoms with Crippen LogP contribution in [0.4, 0.5) is 0 Å². The van der Waals surface area contributed by atoms with E-state index in [1.165, 1.54) is 6.07 Å². The summed E-state index contributed by atoms with van der Waals surface area (Å²) >= 11 is 0. The number of benzene rings is 2. The second kappa shape index (κ2) is 5.27. The molecule has 6 nitrogen and oxygen atoms in total. The molecule has 7 heteroatoms. The van der Waals surface area contributed by atoms with Gasteiger partial charge in [0.1, 0.15) is 5.52 Å². The maximum Gasteiger partial charge on any atom is 0.250 e. The van der Waals surface area contributed by atoms with Crippen LogP contribution in [0.2, 0.25) is 0 Å². The van der Waals surface area contributed by atoms with Crippen LogP contribution in [0.25, 0.3) is 11.0 Å². The fourth-order valence-corrected chi connectivity index (χ4v) is 3.48. The summed E-state index contributed by atoms with van der Waals surface area (Å²) in [6, 6.07) is 13.6. The van der Waals surface area contributed by atoms with Crippen LogP contribution in [0, 0.1) is 0 Å². The molecule has 0 spiro atoms. The third-order valence-electron chi connectivity index (χ3n) is 3.25. The zero-order valence-corrected chi connectivity index (χ0v) is 12.3. The molecule has 22 heavy (non-hydrogen) atoms. The smallest absolute Gasteiger partial charge is 0.250 e. The van der Waals surface area contributed by atoms with Gasteiger partial charge in [-0.2, -0.15) is 0 Å². The number of nitrogens with one attached hydrogen (secondary N) is 1. The standard InChI is InChI=1S/C15H13N3O3S/c16-14(19)11-7-4-8-12-13(11)18-15(17-12)22(20,21)9-10-5-2-1-3-6-10/h1-8H,9H2,(H2,16,19)(H,17,18). The summed E-state index contributed by atoms with van der Waals surface area (Å²) in [5, 5.41) is -0.167. The van der Waals surface area contributed by atoms with Gasteiger partial charge in [0.05, 0.1) is 16.8 Å². The van der Waals surface area contributed by atoms with Gasteiger partial charge in [0.15, 0.2) is 0 Å². The summed E-state index contributed by atoms with van der Waals surface area (Å²) in [6.45, 7) is 0. The number of fused-ring (bicyclic) bond motifs is 1. The van der Waals surface area contributed by atoms with Gasteiger partial charge in [-0.25, -0.2) is 13.4 Å². The molecule has 0 saturated heterocycles. The van der Waals surface area contributed by atoms with Crippen LogP contribution in [-0.4, -0.2) is 24.3 Å². The predicted octanol–water partition coefficient (Wildman–Crippen LogP) is 1.64. The van der Waals surface area contributed by atoms with Crippen molar-refractivity contribution in [2.75, 3.05) is 0 Å². The Hall–Kier alpha value is -2.67.